The largest absolute Gasteiger partial charge is 0.473 e. The van der Waals surface area contributed by atoms with Gasteiger partial charge < -0.3 is 15.8 Å². The summed E-state index contributed by atoms with van der Waals surface area (Å²) in [4.78, 5) is 46.9. The number of ether oxygens (including phenoxy) is 1. The number of carbonyl (C=O) groups is 3. The van der Waals surface area contributed by atoms with Crippen molar-refractivity contribution in [2.75, 3.05) is 7.05 Å². The first-order valence-electron chi connectivity index (χ1n) is 11.7. The van der Waals surface area contributed by atoms with Gasteiger partial charge in [-0.25, -0.2) is 4.98 Å². The minimum atomic E-state index is -0.508. The van der Waals surface area contributed by atoms with Gasteiger partial charge in [-0.2, -0.15) is 0 Å². The SMILES string of the molecule is CNC(Cc1cccnc1)C(=O)N(C=O)[C@@H](C)CC1CC(Oc2nc(C3CC3)sc2C(N)=O)C1. The van der Waals surface area contributed by atoms with Gasteiger partial charge in [0.25, 0.3) is 5.91 Å². The molecule has 2 atom stereocenters. The predicted molar refractivity (Wildman–Crippen MR) is 128 cm³/mol. The molecule has 0 bridgehead atoms. The Morgan fingerprint density at radius 2 is 2.15 bits per heavy atom. The maximum Gasteiger partial charge on any atom is 0.264 e. The van der Waals surface area contributed by atoms with Gasteiger partial charge in [-0.3, -0.25) is 24.3 Å². The number of amides is 3. The number of nitrogens with two attached hydrogens (primary N) is 1. The molecule has 10 heteroatoms. The molecule has 0 spiro atoms. The average molecular weight is 486 g/mol. The van der Waals surface area contributed by atoms with E-state index in [0.717, 1.165) is 36.3 Å². The number of aromatic nitrogens is 2. The van der Waals surface area contributed by atoms with Crippen LogP contribution in [0.25, 0.3) is 0 Å². The van der Waals surface area contributed by atoms with Crippen LogP contribution in [0.4, 0.5) is 0 Å². The van der Waals surface area contributed by atoms with Gasteiger partial charge in [-0.05, 0) is 70.0 Å². The van der Waals surface area contributed by atoms with Crippen molar-refractivity contribution in [3.8, 4) is 5.88 Å². The Balaban J connectivity index is 1.29. The normalized spacial score (nSPS) is 21.2. The molecule has 2 aliphatic rings. The van der Waals surface area contributed by atoms with Crippen molar-refractivity contribution >= 4 is 29.6 Å². The van der Waals surface area contributed by atoms with Crippen molar-refractivity contribution in [2.45, 2.75) is 69.6 Å². The summed E-state index contributed by atoms with van der Waals surface area (Å²) in [6.45, 7) is 1.89. The quantitative estimate of drug-likeness (QED) is 0.441. The van der Waals surface area contributed by atoms with E-state index in [0.29, 0.717) is 41.8 Å². The van der Waals surface area contributed by atoms with Crippen LogP contribution in [0.5, 0.6) is 5.88 Å². The molecule has 2 aliphatic carbocycles. The number of likely N-dealkylation sites (N-methyl/N-ethyl adjacent to an activating group) is 1. The molecule has 0 saturated heterocycles. The molecule has 2 heterocycles. The van der Waals surface area contributed by atoms with Crippen LogP contribution in [0.15, 0.2) is 24.5 Å². The van der Waals surface area contributed by atoms with Gasteiger partial charge in [-0.1, -0.05) is 6.07 Å². The number of primary amides is 1. The Hall–Kier alpha value is -2.85. The lowest BCUT2D eigenvalue weighted by atomic mass is 9.78. The van der Waals surface area contributed by atoms with E-state index in [-0.39, 0.29) is 18.1 Å². The third kappa shape index (κ3) is 5.61. The van der Waals surface area contributed by atoms with Gasteiger partial charge in [0, 0.05) is 24.4 Å². The highest BCUT2D eigenvalue weighted by molar-refractivity contribution is 7.14. The summed E-state index contributed by atoms with van der Waals surface area (Å²) in [5.74, 6) is 0.353. The van der Waals surface area contributed by atoms with Crippen LogP contribution in [0.3, 0.4) is 0 Å². The van der Waals surface area contributed by atoms with E-state index in [9.17, 15) is 14.4 Å². The van der Waals surface area contributed by atoms with E-state index in [1.165, 1.54) is 16.2 Å². The lowest BCUT2D eigenvalue weighted by Crippen LogP contribution is -2.50. The number of nitrogens with one attached hydrogen (secondary N) is 1. The number of imide groups is 1. The number of nitrogens with zero attached hydrogens (tertiary/aromatic N) is 3. The fourth-order valence-corrected chi connectivity index (χ4v) is 5.42. The van der Waals surface area contributed by atoms with Crippen LogP contribution < -0.4 is 15.8 Å². The standard InChI is InChI=1S/C24H31N5O4S/c1-14(29(13-30)24(32)19(26-2)11-15-4-3-7-27-12-15)8-16-9-18(10-16)33-22-20(21(25)31)34-23(28-22)17-5-6-17/h3-4,7,12-14,16-19,26H,5-6,8-11H2,1-2H3,(H2,25,31)/t14-,16?,18?,19?/m0/s1. The molecule has 1 unspecified atom stereocenters. The first kappa shape index (κ1) is 24.3. The lowest BCUT2D eigenvalue weighted by molar-refractivity contribution is -0.142. The summed E-state index contributed by atoms with van der Waals surface area (Å²) in [6, 6.07) is 2.99. The Bertz CT molecular complexity index is 1020. The zero-order valence-corrected chi connectivity index (χ0v) is 20.3. The third-order valence-electron chi connectivity index (χ3n) is 6.56. The van der Waals surface area contributed by atoms with E-state index in [2.05, 4.69) is 15.3 Å². The fourth-order valence-electron chi connectivity index (χ4n) is 4.40. The molecule has 9 nitrogen and oxygen atoms in total. The summed E-state index contributed by atoms with van der Waals surface area (Å²) < 4.78 is 6.00. The number of rotatable bonds is 12. The van der Waals surface area contributed by atoms with Crippen molar-refractivity contribution in [3.63, 3.8) is 0 Å². The van der Waals surface area contributed by atoms with Gasteiger partial charge in [0.05, 0.1) is 6.04 Å². The van der Waals surface area contributed by atoms with Crippen LogP contribution in [0, 0.1) is 5.92 Å². The molecule has 0 aromatic carbocycles. The van der Waals surface area contributed by atoms with Crippen LogP contribution in [-0.2, 0) is 16.0 Å². The van der Waals surface area contributed by atoms with Gasteiger partial charge in [-0.15, -0.1) is 11.3 Å². The summed E-state index contributed by atoms with van der Waals surface area (Å²) in [5.41, 5.74) is 6.44. The predicted octanol–water partition coefficient (Wildman–Crippen LogP) is 2.27. The molecule has 0 aliphatic heterocycles. The average Bonchev–Trinajstić information content (AvgIpc) is 3.56. The number of hydrogen-bond acceptors (Lipinski definition) is 8. The zero-order valence-electron chi connectivity index (χ0n) is 19.5. The van der Waals surface area contributed by atoms with E-state index in [4.69, 9.17) is 10.5 Å². The zero-order chi connectivity index (χ0) is 24.2. The number of hydrogen-bond donors (Lipinski definition) is 2. The molecular formula is C24H31N5O4S. The molecule has 2 saturated carbocycles. The van der Waals surface area contributed by atoms with E-state index in [1.54, 1.807) is 19.4 Å². The van der Waals surface area contributed by atoms with Crippen molar-refractivity contribution in [2.24, 2.45) is 11.7 Å². The number of pyridine rings is 1. The molecule has 182 valence electrons. The molecule has 4 rings (SSSR count). The Labute approximate surface area is 203 Å². The van der Waals surface area contributed by atoms with Crippen LogP contribution in [-0.4, -0.2) is 58.3 Å². The molecule has 2 aromatic rings. The molecule has 3 N–H and O–H groups in total. The molecule has 2 fully saturated rings. The van der Waals surface area contributed by atoms with E-state index < -0.39 is 11.9 Å². The van der Waals surface area contributed by atoms with E-state index in [1.807, 2.05) is 19.1 Å². The summed E-state index contributed by atoms with van der Waals surface area (Å²) in [5, 5.41) is 3.95. The molecular weight excluding hydrogens is 454 g/mol. The van der Waals surface area contributed by atoms with Crippen LogP contribution >= 0.6 is 11.3 Å². The third-order valence-corrected chi connectivity index (χ3v) is 7.77. The molecule has 3 amide bonds. The first-order chi connectivity index (χ1) is 16.4. The minimum Gasteiger partial charge on any atom is -0.473 e. The second-order valence-electron chi connectivity index (χ2n) is 9.24. The van der Waals surface area contributed by atoms with Gasteiger partial charge in [0.2, 0.25) is 18.2 Å². The highest BCUT2D eigenvalue weighted by atomic mass is 32.1. The Kier molecular flexibility index (Phi) is 7.57. The summed E-state index contributed by atoms with van der Waals surface area (Å²) >= 11 is 1.34. The monoisotopic (exact) mass is 485 g/mol. The first-order valence-corrected chi connectivity index (χ1v) is 12.5. The second-order valence-corrected chi connectivity index (χ2v) is 10.3. The van der Waals surface area contributed by atoms with Gasteiger partial charge in [0.1, 0.15) is 11.1 Å². The molecule has 34 heavy (non-hydrogen) atoms. The highest BCUT2D eigenvalue weighted by Gasteiger charge is 2.37. The smallest absolute Gasteiger partial charge is 0.264 e. The highest BCUT2D eigenvalue weighted by Crippen LogP contribution is 2.45. The fraction of sp³-hybridized carbons (Fsp3) is 0.542. The number of thiazole rings is 1. The van der Waals surface area contributed by atoms with Crippen LogP contribution in [0.1, 0.15) is 65.2 Å². The molecule has 0 radical (unpaired) electrons. The van der Waals surface area contributed by atoms with Gasteiger partial charge in [0.15, 0.2) is 4.88 Å². The summed E-state index contributed by atoms with van der Waals surface area (Å²) in [7, 11) is 1.72. The second kappa shape index (κ2) is 10.6. The van der Waals surface area contributed by atoms with Crippen molar-refractivity contribution in [3.05, 3.63) is 40.0 Å². The summed E-state index contributed by atoms with van der Waals surface area (Å²) in [6.07, 6.45) is 8.90. The maximum atomic E-state index is 13.0. The topological polar surface area (TPSA) is 128 Å². The Morgan fingerprint density at radius 1 is 1.38 bits per heavy atom. The van der Waals surface area contributed by atoms with Crippen molar-refractivity contribution in [1.82, 2.24) is 20.2 Å². The molecule has 2 aromatic heterocycles. The maximum absolute atomic E-state index is 13.0. The van der Waals surface area contributed by atoms with Crippen molar-refractivity contribution in [1.29, 1.82) is 0 Å². The van der Waals surface area contributed by atoms with E-state index >= 15 is 0 Å². The van der Waals surface area contributed by atoms with Gasteiger partial charge >= 0.3 is 0 Å². The van der Waals surface area contributed by atoms with Crippen LogP contribution in [0.2, 0.25) is 0 Å². The van der Waals surface area contributed by atoms with Crippen molar-refractivity contribution < 1.29 is 19.1 Å². The lowest BCUT2D eigenvalue weighted by Gasteiger charge is -2.38. The Morgan fingerprint density at radius 3 is 2.74 bits per heavy atom. The minimum absolute atomic E-state index is 0.0412. The number of carbonyl (C=O) groups excluding carboxylic acids is 3.